The van der Waals surface area contributed by atoms with Crippen LogP contribution < -0.4 is 11.1 Å². The summed E-state index contributed by atoms with van der Waals surface area (Å²) in [5, 5.41) is 5.30. The van der Waals surface area contributed by atoms with E-state index in [0.29, 0.717) is 16.5 Å². The Morgan fingerprint density at radius 2 is 2.22 bits per heavy atom. The van der Waals surface area contributed by atoms with Crippen molar-refractivity contribution in [3.05, 3.63) is 23.3 Å². The number of thiazole rings is 1. The molecule has 0 saturated carbocycles. The van der Waals surface area contributed by atoms with Crippen molar-refractivity contribution in [3.8, 4) is 11.3 Å². The largest absolute Gasteiger partial charge is 0.364 e. The number of rotatable bonds is 8. The maximum Gasteiger partial charge on any atom is 0.265 e. The number of hydrogen-bond acceptors (Lipinski definition) is 4. The summed E-state index contributed by atoms with van der Waals surface area (Å²) in [4.78, 5) is 30.6. The molecule has 7 heteroatoms. The third kappa shape index (κ3) is 4.41. The highest BCUT2D eigenvalue weighted by Gasteiger charge is 2.17. The molecule has 4 N–H and O–H groups in total. The second-order valence-electron chi connectivity index (χ2n) is 5.44. The Balaban J connectivity index is 2.03. The summed E-state index contributed by atoms with van der Waals surface area (Å²) < 4.78 is 0. The normalized spacial score (nSPS) is 12.1. The number of carbonyl (C=O) groups excluding carboxylic acids is 2. The Labute approximate surface area is 139 Å². The number of primary amides is 1. The predicted octanol–water partition coefficient (Wildman–Crippen LogP) is 3.39. The SMILES string of the molecule is CCCCC(CC)C(=O)Nc1nc(-c2c[nH]c(C(N)=O)c2)cs1. The van der Waals surface area contributed by atoms with Crippen LogP contribution >= 0.6 is 11.3 Å². The third-order valence-electron chi connectivity index (χ3n) is 3.75. The van der Waals surface area contributed by atoms with Crippen LogP contribution in [0.25, 0.3) is 11.3 Å². The van der Waals surface area contributed by atoms with Gasteiger partial charge in [-0.1, -0.05) is 26.7 Å². The fourth-order valence-corrected chi connectivity index (χ4v) is 3.05. The number of H-pyrrole nitrogens is 1. The van der Waals surface area contributed by atoms with Crippen molar-refractivity contribution in [1.29, 1.82) is 0 Å². The first-order valence-electron chi connectivity index (χ1n) is 7.80. The molecule has 1 atom stereocenters. The van der Waals surface area contributed by atoms with Crippen LogP contribution in [0.2, 0.25) is 0 Å². The van der Waals surface area contributed by atoms with Crippen molar-refractivity contribution in [2.75, 3.05) is 5.32 Å². The molecule has 23 heavy (non-hydrogen) atoms. The predicted molar refractivity (Wildman–Crippen MR) is 92.4 cm³/mol. The van der Waals surface area contributed by atoms with E-state index >= 15 is 0 Å². The van der Waals surface area contributed by atoms with Crippen LogP contribution in [-0.4, -0.2) is 21.8 Å². The highest BCUT2D eigenvalue weighted by Crippen LogP contribution is 2.26. The summed E-state index contributed by atoms with van der Waals surface area (Å²) in [7, 11) is 0. The smallest absolute Gasteiger partial charge is 0.265 e. The van der Waals surface area contributed by atoms with Crippen molar-refractivity contribution < 1.29 is 9.59 Å². The van der Waals surface area contributed by atoms with Crippen molar-refractivity contribution in [2.24, 2.45) is 11.7 Å². The van der Waals surface area contributed by atoms with Crippen LogP contribution in [0.5, 0.6) is 0 Å². The molecule has 0 aliphatic heterocycles. The molecule has 2 amide bonds. The quantitative estimate of drug-likeness (QED) is 0.689. The summed E-state index contributed by atoms with van der Waals surface area (Å²) in [6.45, 7) is 4.15. The Morgan fingerprint density at radius 3 is 2.83 bits per heavy atom. The summed E-state index contributed by atoms with van der Waals surface area (Å²) >= 11 is 1.37. The molecule has 0 radical (unpaired) electrons. The van der Waals surface area contributed by atoms with E-state index in [9.17, 15) is 9.59 Å². The molecule has 2 heterocycles. The van der Waals surface area contributed by atoms with Crippen molar-refractivity contribution in [3.63, 3.8) is 0 Å². The molecule has 6 nitrogen and oxygen atoms in total. The van der Waals surface area contributed by atoms with Gasteiger partial charge in [0, 0.05) is 23.1 Å². The van der Waals surface area contributed by atoms with E-state index in [0.717, 1.165) is 31.2 Å². The minimum atomic E-state index is -0.512. The Kier molecular flexibility index (Phi) is 5.92. The van der Waals surface area contributed by atoms with E-state index in [1.807, 2.05) is 12.3 Å². The van der Waals surface area contributed by atoms with Gasteiger partial charge in [0.1, 0.15) is 5.69 Å². The van der Waals surface area contributed by atoms with Gasteiger partial charge in [0.2, 0.25) is 5.91 Å². The zero-order chi connectivity index (χ0) is 16.8. The van der Waals surface area contributed by atoms with Crippen LogP contribution in [0.1, 0.15) is 50.0 Å². The number of aromatic amines is 1. The Bertz CT molecular complexity index is 677. The van der Waals surface area contributed by atoms with Gasteiger partial charge in [0.25, 0.3) is 5.91 Å². The molecule has 0 aliphatic rings. The van der Waals surface area contributed by atoms with Crippen molar-refractivity contribution in [2.45, 2.75) is 39.5 Å². The minimum Gasteiger partial charge on any atom is -0.364 e. The van der Waals surface area contributed by atoms with Crippen molar-refractivity contribution in [1.82, 2.24) is 9.97 Å². The van der Waals surface area contributed by atoms with Gasteiger partial charge in [-0.15, -0.1) is 11.3 Å². The van der Waals surface area contributed by atoms with E-state index in [4.69, 9.17) is 5.73 Å². The van der Waals surface area contributed by atoms with E-state index in [1.165, 1.54) is 11.3 Å². The molecule has 0 saturated heterocycles. The van der Waals surface area contributed by atoms with Crippen LogP contribution in [0.15, 0.2) is 17.6 Å². The molecule has 0 bridgehead atoms. The summed E-state index contributed by atoms with van der Waals surface area (Å²) in [6, 6.07) is 1.65. The molecule has 1 unspecified atom stereocenters. The van der Waals surface area contributed by atoms with Gasteiger partial charge < -0.3 is 16.0 Å². The lowest BCUT2D eigenvalue weighted by atomic mass is 9.99. The third-order valence-corrected chi connectivity index (χ3v) is 4.51. The topological polar surface area (TPSA) is 101 Å². The van der Waals surface area contributed by atoms with E-state index in [1.54, 1.807) is 12.3 Å². The molecular weight excluding hydrogens is 312 g/mol. The number of nitrogens with zero attached hydrogens (tertiary/aromatic N) is 1. The van der Waals surface area contributed by atoms with Gasteiger partial charge in [0.15, 0.2) is 5.13 Å². The monoisotopic (exact) mass is 334 g/mol. The van der Waals surface area contributed by atoms with Gasteiger partial charge >= 0.3 is 0 Å². The maximum atomic E-state index is 12.3. The number of anilines is 1. The first kappa shape index (κ1) is 17.2. The molecule has 2 rings (SSSR count). The maximum absolute atomic E-state index is 12.3. The lowest BCUT2D eigenvalue weighted by Crippen LogP contribution is -2.22. The summed E-state index contributed by atoms with van der Waals surface area (Å²) in [5.41, 5.74) is 7.03. The summed E-state index contributed by atoms with van der Waals surface area (Å²) in [5.74, 6) is -0.466. The molecule has 0 aromatic carbocycles. The Hall–Kier alpha value is -2.15. The molecule has 124 valence electrons. The highest BCUT2D eigenvalue weighted by molar-refractivity contribution is 7.14. The number of nitrogens with two attached hydrogens (primary N) is 1. The molecule has 0 fully saturated rings. The number of hydrogen-bond donors (Lipinski definition) is 3. The average Bonchev–Trinajstić information content (AvgIpc) is 3.16. The first-order chi connectivity index (χ1) is 11.0. The first-order valence-corrected chi connectivity index (χ1v) is 8.68. The second kappa shape index (κ2) is 7.92. The number of aromatic nitrogens is 2. The Morgan fingerprint density at radius 1 is 1.43 bits per heavy atom. The van der Waals surface area contributed by atoms with Crippen LogP contribution in [0.3, 0.4) is 0 Å². The summed E-state index contributed by atoms with van der Waals surface area (Å²) in [6.07, 6.45) is 5.53. The molecule has 2 aromatic heterocycles. The fraction of sp³-hybridized carbons (Fsp3) is 0.438. The average molecular weight is 334 g/mol. The van der Waals surface area contributed by atoms with Crippen molar-refractivity contribution >= 4 is 28.3 Å². The number of nitrogens with one attached hydrogen (secondary N) is 2. The zero-order valence-electron chi connectivity index (χ0n) is 13.4. The number of carbonyl (C=O) groups is 2. The van der Waals surface area contributed by atoms with Crippen LogP contribution in [-0.2, 0) is 4.79 Å². The van der Waals surface area contributed by atoms with Gasteiger partial charge in [-0.2, -0.15) is 0 Å². The standard InChI is InChI=1S/C16H22N4O2S/c1-3-5-6-10(4-2)15(22)20-16-19-13(9-23-16)11-7-12(14(17)21)18-8-11/h7-10,18H,3-6H2,1-2H3,(H2,17,21)(H,19,20,22). The van der Waals surface area contributed by atoms with Gasteiger partial charge in [-0.25, -0.2) is 4.98 Å². The van der Waals surface area contributed by atoms with E-state index in [-0.39, 0.29) is 11.8 Å². The molecule has 0 spiro atoms. The highest BCUT2D eigenvalue weighted by atomic mass is 32.1. The van der Waals surface area contributed by atoms with E-state index in [2.05, 4.69) is 22.2 Å². The van der Waals surface area contributed by atoms with Crippen LogP contribution in [0.4, 0.5) is 5.13 Å². The zero-order valence-corrected chi connectivity index (χ0v) is 14.2. The lowest BCUT2D eigenvalue weighted by molar-refractivity contribution is -0.120. The number of amides is 2. The van der Waals surface area contributed by atoms with Gasteiger partial charge in [-0.05, 0) is 18.9 Å². The molecule has 0 aliphatic carbocycles. The van der Waals surface area contributed by atoms with Crippen LogP contribution in [0, 0.1) is 5.92 Å². The number of unbranched alkanes of at least 4 members (excludes halogenated alkanes) is 1. The molecule has 2 aromatic rings. The van der Waals surface area contributed by atoms with E-state index < -0.39 is 5.91 Å². The fourth-order valence-electron chi connectivity index (χ4n) is 2.33. The van der Waals surface area contributed by atoms with Gasteiger partial charge in [0.05, 0.1) is 5.69 Å². The second-order valence-corrected chi connectivity index (χ2v) is 6.30. The lowest BCUT2D eigenvalue weighted by Gasteiger charge is -2.12. The molecular formula is C16H22N4O2S. The van der Waals surface area contributed by atoms with Gasteiger partial charge in [-0.3, -0.25) is 9.59 Å². The minimum absolute atomic E-state index is 0.0220.